The number of fused-ring (bicyclic) bond motifs is 1. The lowest BCUT2D eigenvalue weighted by atomic mass is 10.1. The molecule has 0 saturated heterocycles. The Hall–Kier alpha value is -2.30. The van der Waals surface area contributed by atoms with Crippen molar-refractivity contribution in [1.29, 1.82) is 0 Å². The molecule has 2 aromatic rings. The van der Waals surface area contributed by atoms with Gasteiger partial charge in [-0.15, -0.1) is 0 Å². The summed E-state index contributed by atoms with van der Waals surface area (Å²) < 4.78 is 7.26. The van der Waals surface area contributed by atoms with E-state index in [0.29, 0.717) is 13.0 Å². The van der Waals surface area contributed by atoms with Crippen LogP contribution in [-0.2, 0) is 18.3 Å². The quantitative estimate of drug-likeness (QED) is 0.475. The third kappa shape index (κ3) is 3.17. The number of aryl methyl sites for hydroxylation is 2. The third-order valence-corrected chi connectivity index (χ3v) is 3.17. The molecule has 0 atom stereocenters. The number of amides is 1. The van der Waals surface area contributed by atoms with Gasteiger partial charge in [0.25, 0.3) is 0 Å². The highest BCUT2D eigenvalue weighted by Gasteiger charge is 2.08. The number of methoxy groups -OCH3 is 1. The molecular weight excluding hydrogens is 254 g/mol. The fraction of sp³-hybridized carbons (Fsp3) is 0.333. The number of allylic oxidation sites excluding steroid dienone is 1. The predicted octanol–water partition coefficient (Wildman–Crippen LogP) is 1.82. The molecule has 2 aromatic heterocycles. The lowest BCUT2D eigenvalue weighted by molar-refractivity contribution is -0.109. The SMILES string of the molecule is COc1cnc2c(c1)c(CCC=CCNC=O)cn2C. The summed E-state index contributed by atoms with van der Waals surface area (Å²) in [6.07, 6.45) is 10.4. The Kier molecular flexibility index (Phi) is 4.76. The van der Waals surface area contributed by atoms with E-state index in [1.165, 1.54) is 5.56 Å². The van der Waals surface area contributed by atoms with Crippen LogP contribution < -0.4 is 10.1 Å². The van der Waals surface area contributed by atoms with Crippen molar-refractivity contribution in [1.82, 2.24) is 14.9 Å². The number of pyridine rings is 1. The van der Waals surface area contributed by atoms with Crippen molar-refractivity contribution in [2.75, 3.05) is 13.7 Å². The Labute approximate surface area is 118 Å². The molecule has 5 nitrogen and oxygen atoms in total. The molecule has 5 heteroatoms. The van der Waals surface area contributed by atoms with Crippen molar-refractivity contribution in [3.05, 3.63) is 36.2 Å². The maximum Gasteiger partial charge on any atom is 0.207 e. The molecule has 0 saturated carbocycles. The molecule has 0 bridgehead atoms. The van der Waals surface area contributed by atoms with Crippen LogP contribution in [0.25, 0.3) is 11.0 Å². The topological polar surface area (TPSA) is 56.1 Å². The molecule has 1 amide bonds. The van der Waals surface area contributed by atoms with Gasteiger partial charge in [0.15, 0.2) is 0 Å². The minimum atomic E-state index is 0.578. The summed E-state index contributed by atoms with van der Waals surface area (Å²) in [7, 11) is 3.64. The van der Waals surface area contributed by atoms with Crippen LogP contribution in [0, 0.1) is 0 Å². The number of carbonyl (C=O) groups excluding carboxylic acids is 1. The lowest BCUT2D eigenvalue weighted by Crippen LogP contribution is -2.09. The Morgan fingerprint density at radius 1 is 1.45 bits per heavy atom. The second kappa shape index (κ2) is 6.75. The Balaban J connectivity index is 2.09. The Morgan fingerprint density at radius 3 is 3.05 bits per heavy atom. The van der Waals surface area contributed by atoms with Crippen molar-refractivity contribution >= 4 is 17.4 Å². The van der Waals surface area contributed by atoms with Gasteiger partial charge in [0.05, 0.1) is 13.3 Å². The molecule has 0 unspecified atom stereocenters. The van der Waals surface area contributed by atoms with Crippen LogP contribution in [0.4, 0.5) is 0 Å². The maximum absolute atomic E-state index is 10.1. The molecule has 2 rings (SSSR count). The Bertz CT molecular complexity index is 617. The zero-order valence-corrected chi connectivity index (χ0v) is 11.8. The first kappa shape index (κ1) is 14.1. The van der Waals surface area contributed by atoms with Gasteiger partial charge in [-0.05, 0) is 24.5 Å². The number of carbonyl (C=O) groups is 1. The fourth-order valence-corrected chi connectivity index (χ4v) is 2.19. The minimum Gasteiger partial charge on any atom is -0.495 e. The van der Waals surface area contributed by atoms with E-state index < -0.39 is 0 Å². The van der Waals surface area contributed by atoms with Gasteiger partial charge in [-0.3, -0.25) is 4.79 Å². The molecular formula is C15H19N3O2. The molecule has 106 valence electrons. The van der Waals surface area contributed by atoms with Crippen LogP contribution in [0.2, 0.25) is 0 Å². The van der Waals surface area contributed by atoms with E-state index >= 15 is 0 Å². The number of hydrogen-bond acceptors (Lipinski definition) is 3. The number of nitrogens with one attached hydrogen (secondary N) is 1. The first-order chi connectivity index (χ1) is 9.76. The lowest BCUT2D eigenvalue weighted by Gasteiger charge is -2.00. The molecule has 0 aliphatic heterocycles. The first-order valence-electron chi connectivity index (χ1n) is 6.56. The average molecular weight is 273 g/mol. The van der Waals surface area contributed by atoms with Crippen molar-refractivity contribution in [3.63, 3.8) is 0 Å². The number of aromatic nitrogens is 2. The second-order valence-electron chi connectivity index (χ2n) is 4.55. The van der Waals surface area contributed by atoms with Crippen LogP contribution in [0.15, 0.2) is 30.6 Å². The molecule has 0 spiro atoms. The molecule has 20 heavy (non-hydrogen) atoms. The minimum absolute atomic E-state index is 0.578. The summed E-state index contributed by atoms with van der Waals surface area (Å²) in [5.74, 6) is 0.774. The second-order valence-corrected chi connectivity index (χ2v) is 4.55. The molecule has 0 aromatic carbocycles. The summed E-state index contributed by atoms with van der Waals surface area (Å²) in [6, 6.07) is 2.02. The number of ether oxygens (including phenoxy) is 1. The van der Waals surface area contributed by atoms with Gasteiger partial charge in [0.2, 0.25) is 6.41 Å². The largest absolute Gasteiger partial charge is 0.495 e. The summed E-state index contributed by atoms with van der Waals surface area (Å²) in [5.41, 5.74) is 2.22. The van der Waals surface area contributed by atoms with Gasteiger partial charge in [-0.25, -0.2) is 4.98 Å². The molecule has 0 aliphatic rings. The smallest absolute Gasteiger partial charge is 0.207 e. The standard InChI is InChI=1S/C15H19N3O2/c1-18-10-12(6-4-3-5-7-16-11-19)14-8-13(20-2)9-17-15(14)18/h3,5,8-11H,4,6-7H2,1-2H3,(H,16,19). The van der Waals surface area contributed by atoms with E-state index in [9.17, 15) is 4.79 Å². The highest BCUT2D eigenvalue weighted by Crippen LogP contribution is 2.24. The first-order valence-corrected chi connectivity index (χ1v) is 6.56. The highest BCUT2D eigenvalue weighted by molar-refractivity contribution is 5.81. The number of hydrogen-bond donors (Lipinski definition) is 1. The van der Waals surface area contributed by atoms with Crippen LogP contribution in [-0.4, -0.2) is 29.6 Å². The third-order valence-electron chi connectivity index (χ3n) is 3.17. The van der Waals surface area contributed by atoms with Gasteiger partial charge < -0.3 is 14.6 Å². The summed E-state index contributed by atoms with van der Waals surface area (Å²) in [5, 5.41) is 3.73. The molecule has 0 fully saturated rings. The van der Waals surface area contributed by atoms with Crippen LogP contribution in [0.5, 0.6) is 5.75 Å². The maximum atomic E-state index is 10.1. The number of nitrogens with zero attached hydrogens (tertiary/aromatic N) is 2. The predicted molar refractivity (Wildman–Crippen MR) is 78.8 cm³/mol. The van der Waals surface area contributed by atoms with Gasteiger partial charge >= 0.3 is 0 Å². The summed E-state index contributed by atoms with van der Waals surface area (Å²) in [6.45, 7) is 0.578. The summed E-state index contributed by atoms with van der Waals surface area (Å²) >= 11 is 0. The van der Waals surface area contributed by atoms with E-state index in [-0.39, 0.29) is 0 Å². The van der Waals surface area contributed by atoms with Crippen LogP contribution in [0.1, 0.15) is 12.0 Å². The van der Waals surface area contributed by atoms with Gasteiger partial charge in [-0.1, -0.05) is 12.2 Å². The van der Waals surface area contributed by atoms with Gasteiger partial charge in [0, 0.05) is 25.2 Å². The van der Waals surface area contributed by atoms with E-state index in [2.05, 4.69) is 22.6 Å². The number of rotatable bonds is 7. The van der Waals surface area contributed by atoms with E-state index in [1.54, 1.807) is 13.3 Å². The van der Waals surface area contributed by atoms with Gasteiger partial charge in [-0.2, -0.15) is 0 Å². The van der Waals surface area contributed by atoms with E-state index in [0.717, 1.165) is 29.6 Å². The van der Waals surface area contributed by atoms with E-state index in [4.69, 9.17) is 4.74 Å². The normalized spacial score (nSPS) is 11.1. The molecule has 0 radical (unpaired) electrons. The van der Waals surface area contributed by atoms with Crippen molar-refractivity contribution in [2.45, 2.75) is 12.8 Å². The fourth-order valence-electron chi connectivity index (χ4n) is 2.19. The highest BCUT2D eigenvalue weighted by atomic mass is 16.5. The zero-order chi connectivity index (χ0) is 14.4. The van der Waals surface area contributed by atoms with Crippen molar-refractivity contribution < 1.29 is 9.53 Å². The molecule has 0 aliphatic carbocycles. The zero-order valence-electron chi connectivity index (χ0n) is 11.8. The van der Waals surface area contributed by atoms with Crippen molar-refractivity contribution in [3.8, 4) is 5.75 Å². The molecule has 2 heterocycles. The monoisotopic (exact) mass is 273 g/mol. The van der Waals surface area contributed by atoms with Crippen LogP contribution in [0.3, 0.4) is 0 Å². The summed E-state index contributed by atoms with van der Waals surface area (Å²) in [4.78, 5) is 14.5. The van der Waals surface area contributed by atoms with Crippen LogP contribution >= 0.6 is 0 Å². The Morgan fingerprint density at radius 2 is 2.30 bits per heavy atom. The van der Waals surface area contributed by atoms with Gasteiger partial charge in [0.1, 0.15) is 11.4 Å². The van der Waals surface area contributed by atoms with E-state index in [1.807, 2.05) is 23.8 Å². The van der Waals surface area contributed by atoms with Crippen molar-refractivity contribution in [2.24, 2.45) is 7.05 Å². The molecule has 1 N–H and O–H groups in total. The average Bonchev–Trinajstić information content (AvgIpc) is 2.78.